The van der Waals surface area contributed by atoms with E-state index in [4.69, 9.17) is 9.05 Å². The maximum atomic E-state index is 12.8. The normalized spacial score (nSPS) is 14.6. The maximum absolute atomic E-state index is 12.8. The van der Waals surface area contributed by atoms with Crippen LogP contribution in [0.3, 0.4) is 0 Å². The molecule has 53 heavy (non-hydrogen) atoms. The lowest BCUT2D eigenvalue weighted by Crippen LogP contribution is -2.45. The van der Waals surface area contributed by atoms with E-state index in [1.54, 1.807) is 6.08 Å². The van der Waals surface area contributed by atoms with Crippen LogP contribution >= 0.6 is 7.82 Å². The number of aliphatic hydroxyl groups is 1. The van der Waals surface area contributed by atoms with Crippen molar-refractivity contribution in [2.45, 2.75) is 212 Å². The number of hydrogen-bond donors (Lipinski definition) is 3. The molecule has 9 heteroatoms. The van der Waals surface area contributed by atoms with Gasteiger partial charge >= 0.3 is 7.82 Å². The van der Waals surface area contributed by atoms with E-state index in [0.717, 1.165) is 38.5 Å². The van der Waals surface area contributed by atoms with Crippen molar-refractivity contribution in [1.29, 1.82) is 0 Å². The number of nitrogens with zero attached hydrogens (tertiary/aromatic N) is 1. The largest absolute Gasteiger partial charge is 0.472 e. The lowest BCUT2D eigenvalue weighted by Gasteiger charge is -2.25. The van der Waals surface area contributed by atoms with Gasteiger partial charge in [-0.25, -0.2) is 4.57 Å². The van der Waals surface area contributed by atoms with Gasteiger partial charge in [0.2, 0.25) is 5.91 Å². The molecule has 0 radical (unpaired) electrons. The molecule has 0 heterocycles. The third kappa shape index (κ3) is 39.0. The number of nitrogens with one attached hydrogen (secondary N) is 1. The van der Waals surface area contributed by atoms with Crippen LogP contribution in [0, 0.1) is 0 Å². The van der Waals surface area contributed by atoms with Crippen LogP contribution in [0.25, 0.3) is 0 Å². The molecule has 0 bridgehead atoms. The van der Waals surface area contributed by atoms with Crippen molar-refractivity contribution < 1.29 is 32.9 Å². The van der Waals surface area contributed by atoms with Crippen LogP contribution in [0.2, 0.25) is 0 Å². The van der Waals surface area contributed by atoms with Gasteiger partial charge in [0.05, 0.1) is 39.9 Å². The van der Waals surface area contributed by atoms with Gasteiger partial charge in [-0.1, -0.05) is 186 Å². The van der Waals surface area contributed by atoms with Gasteiger partial charge in [0, 0.05) is 6.42 Å². The van der Waals surface area contributed by atoms with Crippen LogP contribution < -0.4 is 5.32 Å². The smallest absolute Gasteiger partial charge is 0.387 e. The number of amides is 1. The average molecular weight is 772 g/mol. The second-order valence-corrected chi connectivity index (χ2v) is 17.9. The van der Waals surface area contributed by atoms with E-state index in [0.29, 0.717) is 17.4 Å². The molecule has 3 atom stereocenters. The molecule has 3 unspecified atom stereocenters. The minimum absolute atomic E-state index is 0.0582. The Morgan fingerprint density at radius 1 is 0.623 bits per heavy atom. The second-order valence-electron chi connectivity index (χ2n) is 16.4. The van der Waals surface area contributed by atoms with E-state index in [1.807, 2.05) is 27.2 Å². The van der Waals surface area contributed by atoms with Crippen LogP contribution in [0.4, 0.5) is 0 Å². The van der Waals surface area contributed by atoms with Gasteiger partial charge in [-0.3, -0.25) is 13.8 Å². The van der Waals surface area contributed by atoms with Gasteiger partial charge in [-0.15, -0.1) is 0 Å². The number of rotatable bonds is 40. The van der Waals surface area contributed by atoms with Gasteiger partial charge < -0.3 is 19.8 Å². The molecule has 0 saturated heterocycles. The first-order valence-corrected chi connectivity index (χ1v) is 23.7. The summed E-state index contributed by atoms with van der Waals surface area (Å²) in [4.78, 5) is 23.1. The highest BCUT2D eigenvalue weighted by molar-refractivity contribution is 7.47. The van der Waals surface area contributed by atoms with E-state index in [9.17, 15) is 19.4 Å². The summed E-state index contributed by atoms with van der Waals surface area (Å²) in [7, 11) is 1.56. The summed E-state index contributed by atoms with van der Waals surface area (Å²) >= 11 is 0. The average Bonchev–Trinajstić information content (AvgIpc) is 3.10. The first-order chi connectivity index (χ1) is 25.5. The number of phosphoric acid groups is 1. The number of likely N-dealkylation sites (N-methyl/N-ethyl adjacent to an activating group) is 1. The third-order valence-electron chi connectivity index (χ3n) is 9.92. The van der Waals surface area contributed by atoms with Crippen molar-refractivity contribution in [3.8, 4) is 0 Å². The molecule has 0 rings (SSSR count). The monoisotopic (exact) mass is 772 g/mol. The fraction of sp³-hybridized carbons (Fsp3) is 0.886. The molecule has 0 aromatic heterocycles. The minimum atomic E-state index is -4.34. The Balaban J connectivity index is 4.46. The lowest BCUT2D eigenvalue weighted by atomic mass is 10.0. The summed E-state index contributed by atoms with van der Waals surface area (Å²) in [6, 6.07) is -0.857. The first kappa shape index (κ1) is 52.0. The highest BCUT2D eigenvalue weighted by Gasteiger charge is 2.27. The summed E-state index contributed by atoms with van der Waals surface area (Å²) in [5.74, 6) is -0.186. The van der Waals surface area contributed by atoms with Crippen LogP contribution in [0.5, 0.6) is 0 Å². The molecule has 314 valence electrons. The summed E-state index contributed by atoms with van der Waals surface area (Å²) < 4.78 is 23.5. The molecule has 3 N–H and O–H groups in total. The summed E-state index contributed by atoms with van der Waals surface area (Å²) in [6.07, 6.45) is 42.4. The van der Waals surface area contributed by atoms with Gasteiger partial charge in [0.25, 0.3) is 0 Å². The number of carbonyl (C=O) groups is 1. The van der Waals surface area contributed by atoms with Crippen molar-refractivity contribution in [3.05, 3.63) is 24.3 Å². The fourth-order valence-electron chi connectivity index (χ4n) is 6.35. The van der Waals surface area contributed by atoms with E-state index in [2.05, 4.69) is 31.3 Å². The highest BCUT2D eigenvalue weighted by atomic mass is 31.2. The number of hydrogen-bond acceptors (Lipinski definition) is 5. The lowest BCUT2D eigenvalue weighted by molar-refractivity contribution is -0.870. The minimum Gasteiger partial charge on any atom is -0.387 e. The molecular formula is C44H88N2O6P+. The zero-order valence-electron chi connectivity index (χ0n) is 35.5. The highest BCUT2D eigenvalue weighted by Crippen LogP contribution is 2.43. The predicted molar refractivity (Wildman–Crippen MR) is 226 cm³/mol. The zero-order valence-corrected chi connectivity index (χ0v) is 36.4. The molecular weight excluding hydrogens is 683 g/mol. The number of aliphatic hydroxyl groups excluding tert-OH is 1. The standard InChI is InChI=1S/C44H87N2O6P/c1-6-8-10-12-14-16-18-20-21-22-23-24-26-27-29-31-33-35-37-43(47)42(41-52-53(49,50)51-40-39-46(3,4)5)45-44(48)38-36-34-32-30-28-25-19-17-15-13-11-9-7-2/h27,29,35,37,42-43,47H,6-26,28,30-34,36,38-41H2,1-5H3,(H-,45,48,49,50)/p+1/b29-27+,37-35+. The van der Waals surface area contributed by atoms with Crippen molar-refractivity contribution >= 4 is 13.7 Å². The van der Waals surface area contributed by atoms with Crippen molar-refractivity contribution in [1.82, 2.24) is 5.32 Å². The van der Waals surface area contributed by atoms with Crippen molar-refractivity contribution in [2.75, 3.05) is 40.9 Å². The third-order valence-corrected chi connectivity index (χ3v) is 10.9. The van der Waals surface area contributed by atoms with Crippen LogP contribution in [0.15, 0.2) is 24.3 Å². The van der Waals surface area contributed by atoms with Crippen molar-refractivity contribution in [2.24, 2.45) is 0 Å². The van der Waals surface area contributed by atoms with E-state index >= 15 is 0 Å². The van der Waals surface area contributed by atoms with E-state index in [1.165, 1.54) is 141 Å². The molecule has 0 fully saturated rings. The van der Waals surface area contributed by atoms with E-state index in [-0.39, 0.29) is 19.1 Å². The predicted octanol–water partition coefficient (Wildman–Crippen LogP) is 12.1. The van der Waals surface area contributed by atoms with Crippen molar-refractivity contribution in [3.63, 3.8) is 0 Å². The molecule has 1 amide bonds. The van der Waals surface area contributed by atoms with Crippen LogP contribution in [-0.4, -0.2) is 73.4 Å². The quantitative estimate of drug-likeness (QED) is 0.0248. The molecule has 0 spiro atoms. The topological polar surface area (TPSA) is 105 Å². The Hall–Kier alpha value is -1.02. The summed E-state index contributed by atoms with van der Waals surface area (Å²) in [5.41, 5.74) is 0. The number of carbonyl (C=O) groups excluding carboxylic acids is 1. The van der Waals surface area contributed by atoms with Gasteiger partial charge in [-0.2, -0.15) is 0 Å². The molecule has 0 aliphatic heterocycles. The molecule has 8 nitrogen and oxygen atoms in total. The Morgan fingerprint density at radius 2 is 1.04 bits per heavy atom. The Kier molecular flexibility index (Phi) is 35.9. The molecule has 0 aliphatic carbocycles. The zero-order chi connectivity index (χ0) is 39.3. The molecule has 0 aromatic rings. The maximum Gasteiger partial charge on any atom is 0.472 e. The Morgan fingerprint density at radius 3 is 1.51 bits per heavy atom. The van der Waals surface area contributed by atoms with Crippen LogP contribution in [-0.2, 0) is 18.4 Å². The first-order valence-electron chi connectivity index (χ1n) is 22.2. The number of phosphoric ester groups is 1. The van der Waals surface area contributed by atoms with Crippen LogP contribution in [0.1, 0.15) is 200 Å². The van der Waals surface area contributed by atoms with Gasteiger partial charge in [0.15, 0.2) is 0 Å². The number of allylic oxidation sites excluding steroid dienone is 3. The molecule has 0 aromatic carbocycles. The SMILES string of the molecule is CCCCCCCCCCCCCC/C=C/CC/C=C/C(O)C(COP(=O)(O)OCC[N+](C)(C)C)NC(=O)CCCCCCCCCCCCCCC. The number of quaternary nitrogens is 1. The summed E-state index contributed by atoms with van der Waals surface area (Å²) in [6.45, 7) is 4.79. The Labute approximate surface area is 328 Å². The van der Waals surface area contributed by atoms with Gasteiger partial charge in [-0.05, 0) is 32.1 Å². The fourth-order valence-corrected chi connectivity index (χ4v) is 7.09. The Bertz CT molecular complexity index is 922. The second kappa shape index (κ2) is 36.6. The summed E-state index contributed by atoms with van der Waals surface area (Å²) in [5, 5.41) is 13.8. The molecule has 0 saturated carbocycles. The van der Waals surface area contributed by atoms with E-state index < -0.39 is 20.0 Å². The molecule has 0 aliphatic rings. The number of unbranched alkanes of at least 4 members (excludes halogenated alkanes) is 25. The van der Waals surface area contributed by atoms with Gasteiger partial charge in [0.1, 0.15) is 13.2 Å².